The van der Waals surface area contributed by atoms with Crippen LogP contribution in [0.25, 0.3) is 0 Å². The van der Waals surface area contributed by atoms with E-state index in [9.17, 15) is 4.79 Å². The number of rotatable bonds is 5. The number of carbonyl (C=O) groups excluding carboxylic acids is 1. The van der Waals surface area contributed by atoms with Gasteiger partial charge in [0.2, 0.25) is 0 Å². The summed E-state index contributed by atoms with van der Waals surface area (Å²) in [6.45, 7) is 1.47. The summed E-state index contributed by atoms with van der Waals surface area (Å²) < 4.78 is 5.43. The number of hydrogen-bond donors (Lipinski definition) is 2. The number of benzene rings is 1. The van der Waals surface area contributed by atoms with Crippen molar-refractivity contribution in [3.63, 3.8) is 0 Å². The number of ether oxygens (including phenoxy) is 1. The first-order chi connectivity index (χ1) is 13.7. The second-order valence-corrected chi connectivity index (χ2v) is 8.10. The number of methoxy groups -OCH3 is 1. The van der Waals surface area contributed by atoms with Gasteiger partial charge in [-0.2, -0.15) is 5.10 Å². The van der Waals surface area contributed by atoms with Crippen molar-refractivity contribution >= 4 is 6.03 Å². The fourth-order valence-electron chi connectivity index (χ4n) is 4.87. The zero-order valence-electron chi connectivity index (χ0n) is 16.6. The van der Waals surface area contributed by atoms with E-state index >= 15 is 0 Å². The Bertz CT molecular complexity index is 784. The fourth-order valence-corrected chi connectivity index (χ4v) is 4.87. The van der Waals surface area contributed by atoms with Crippen LogP contribution in [-0.4, -0.2) is 41.3 Å². The Morgan fingerprint density at radius 1 is 1.29 bits per heavy atom. The number of H-pyrrole nitrogens is 1. The lowest BCUT2D eigenvalue weighted by molar-refractivity contribution is 0.147. The molecule has 4 rings (SSSR count). The summed E-state index contributed by atoms with van der Waals surface area (Å²) in [5, 5.41) is 10.4. The number of hydrogen-bond acceptors (Lipinski definition) is 3. The molecule has 1 aromatic carbocycles. The molecule has 2 amide bonds. The number of aromatic amines is 1. The molecule has 6 heteroatoms. The van der Waals surface area contributed by atoms with Crippen molar-refractivity contribution in [1.29, 1.82) is 0 Å². The van der Waals surface area contributed by atoms with Gasteiger partial charge in [-0.15, -0.1) is 0 Å². The van der Waals surface area contributed by atoms with Crippen LogP contribution in [0, 0.1) is 0 Å². The zero-order chi connectivity index (χ0) is 19.4. The number of urea groups is 1. The zero-order valence-corrected chi connectivity index (χ0v) is 16.6. The van der Waals surface area contributed by atoms with Crippen LogP contribution in [0.5, 0.6) is 5.75 Å². The Hall–Kier alpha value is -2.50. The van der Waals surface area contributed by atoms with Gasteiger partial charge in [0, 0.05) is 24.7 Å². The molecular formula is C22H30N4O2. The molecule has 150 valence electrons. The Balaban J connectivity index is 1.48. The highest BCUT2D eigenvalue weighted by atomic mass is 16.5. The monoisotopic (exact) mass is 382 g/mol. The van der Waals surface area contributed by atoms with Gasteiger partial charge in [-0.05, 0) is 55.9 Å². The molecule has 1 unspecified atom stereocenters. The van der Waals surface area contributed by atoms with Gasteiger partial charge in [0.25, 0.3) is 0 Å². The third-order valence-electron chi connectivity index (χ3n) is 6.47. The summed E-state index contributed by atoms with van der Waals surface area (Å²) in [6.07, 6.45) is 9.54. The van der Waals surface area contributed by atoms with Gasteiger partial charge in [0.1, 0.15) is 5.75 Å². The molecule has 2 fully saturated rings. The first-order valence-corrected chi connectivity index (χ1v) is 10.4. The molecule has 0 bridgehead atoms. The van der Waals surface area contributed by atoms with Crippen molar-refractivity contribution in [3.8, 4) is 5.75 Å². The Labute approximate surface area is 166 Å². The van der Waals surface area contributed by atoms with Gasteiger partial charge in [-0.3, -0.25) is 5.10 Å². The van der Waals surface area contributed by atoms with Crippen LogP contribution in [-0.2, 0) is 5.41 Å². The van der Waals surface area contributed by atoms with E-state index in [1.54, 1.807) is 13.3 Å². The number of carbonyl (C=O) groups is 1. The SMILES string of the molecule is COc1cccc(C2(CNC(=O)N3CCCCC3c3ccn[nH]3)CCCC2)c1. The smallest absolute Gasteiger partial charge is 0.317 e. The lowest BCUT2D eigenvalue weighted by Crippen LogP contribution is -2.48. The number of nitrogens with one attached hydrogen (secondary N) is 2. The molecule has 28 heavy (non-hydrogen) atoms. The van der Waals surface area contributed by atoms with Crippen molar-refractivity contribution in [3.05, 3.63) is 47.8 Å². The molecule has 2 N–H and O–H groups in total. The van der Waals surface area contributed by atoms with E-state index < -0.39 is 0 Å². The van der Waals surface area contributed by atoms with Gasteiger partial charge in [0.15, 0.2) is 0 Å². The fraction of sp³-hybridized carbons (Fsp3) is 0.545. The third-order valence-corrected chi connectivity index (χ3v) is 6.47. The van der Waals surface area contributed by atoms with Gasteiger partial charge in [-0.1, -0.05) is 25.0 Å². The molecule has 1 saturated heterocycles. The topological polar surface area (TPSA) is 70.2 Å². The molecule has 1 aromatic heterocycles. The summed E-state index contributed by atoms with van der Waals surface area (Å²) in [6, 6.07) is 10.4. The maximum atomic E-state index is 13.1. The minimum absolute atomic E-state index is 0.00344. The van der Waals surface area contributed by atoms with Gasteiger partial charge in [0.05, 0.1) is 18.8 Å². The van der Waals surface area contributed by atoms with Crippen LogP contribution in [0.15, 0.2) is 36.5 Å². The molecule has 2 aliphatic rings. The normalized spacial score (nSPS) is 21.5. The Morgan fingerprint density at radius 2 is 2.14 bits per heavy atom. The highest BCUT2D eigenvalue weighted by molar-refractivity contribution is 5.75. The number of amides is 2. The average molecular weight is 383 g/mol. The maximum Gasteiger partial charge on any atom is 0.317 e. The molecule has 0 radical (unpaired) electrons. The molecule has 1 atom stereocenters. The van der Waals surface area contributed by atoms with Crippen LogP contribution in [0.2, 0.25) is 0 Å². The molecule has 1 saturated carbocycles. The summed E-state index contributed by atoms with van der Waals surface area (Å²) in [7, 11) is 1.70. The van der Waals surface area contributed by atoms with E-state index in [4.69, 9.17) is 4.74 Å². The lowest BCUT2D eigenvalue weighted by atomic mass is 9.78. The van der Waals surface area contributed by atoms with E-state index in [0.29, 0.717) is 6.54 Å². The third kappa shape index (κ3) is 3.73. The van der Waals surface area contributed by atoms with Crippen molar-refractivity contribution < 1.29 is 9.53 Å². The van der Waals surface area contributed by atoms with Crippen LogP contribution >= 0.6 is 0 Å². The number of aromatic nitrogens is 2. The van der Waals surface area contributed by atoms with Gasteiger partial charge in [-0.25, -0.2) is 4.79 Å². The molecular weight excluding hydrogens is 352 g/mol. The second kappa shape index (κ2) is 8.25. The summed E-state index contributed by atoms with van der Waals surface area (Å²) >= 11 is 0. The van der Waals surface area contributed by atoms with Crippen molar-refractivity contribution in [2.75, 3.05) is 20.2 Å². The van der Waals surface area contributed by atoms with Crippen LogP contribution in [0.4, 0.5) is 4.79 Å². The Kier molecular flexibility index (Phi) is 5.55. The molecule has 1 aliphatic heterocycles. The highest BCUT2D eigenvalue weighted by Gasteiger charge is 2.37. The van der Waals surface area contributed by atoms with E-state index in [-0.39, 0.29) is 17.5 Å². The maximum absolute atomic E-state index is 13.1. The quantitative estimate of drug-likeness (QED) is 0.815. The minimum Gasteiger partial charge on any atom is -0.497 e. The van der Waals surface area contributed by atoms with Gasteiger partial charge >= 0.3 is 6.03 Å². The van der Waals surface area contributed by atoms with Gasteiger partial charge < -0.3 is 15.0 Å². The standard InChI is InChI=1S/C22H30N4O2/c1-28-18-8-6-7-17(15-18)22(11-3-4-12-22)16-23-21(27)26-14-5-2-9-20(26)19-10-13-24-25-19/h6-8,10,13,15,20H,2-5,9,11-12,14,16H2,1H3,(H,23,27)(H,24,25). The van der Waals surface area contributed by atoms with E-state index in [0.717, 1.165) is 50.1 Å². The van der Waals surface area contributed by atoms with E-state index in [1.807, 2.05) is 17.0 Å². The predicted molar refractivity (Wildman–Crippen MR) is 108 cm³/mol. The van der Waals surface area contributed by atoms with E-state index in [2.05, 4.69) is 33.7 Å². The first kappa shape index (κ1) is 18.8. The lowest BCUT2D eigenvalue weighted by Gasteiger charge is -2.37. The molecule has 2 heterocycles. The number of piperidine rings is 1. The first-order valence-electron chi connectivity index (χ1n) is 10.4. The van der Waals surface area contributed by atoms with Crippen LogP contribution in [0.3, 0.4) is 0 Å². The summed E-state index contributed by atoms with van der Waals surface area (Å²) in [4.78, 5) is 15.1. The molecule has 2 aromatic rings. The number of likely N-dealkylation sites (tertiary alicyclic amines) is 1. The highest BCUT2D eigenvalue weighted by Crippen LogP contribution is 2.41. The largest absolute Gasteiger partial charge is 0.497 e. The minimum atomic E-state index is 0.00344. The number of nitrogens with zero attached hydrogens (tertiary/aromatic N) is 2. The van der Waals surface area contributed by atoms with E-state index in [1.165, 1.54) is 18.4 Å². The second-order valence-electron chi connectivity index (χ2n) is 8.10. The molecule has 6 nitrogen and oxygen atoms in total. The Morgan fingerprint density at radius 3 is 2.89 bits per heavy atom. The van der Waals surface area contributed by atoms with Crippen LogP contribution in [0.1, 0.15) is 62.2 Å². The van der Waals surface area contributed by atoms with Crippen molar-refractivity contribution in [2.24, 2.45) is 0 Å². The summed E-state index contributed by atoms with van der Waals surface area (Å²) in [5.74, 6) is 0.880. The average Bonchev–Trinajstić information content (AvgIpc) is 3.45. The van der Waals surface area contributed by atoms with Crippen molar-refractivity contribution in [2.45, 2.75) is 56.4 Å². The molecule has 0 spiro atoms. The molecule has 1 aliphatic carbocycles. The predicted octanol–water partition coefficient (Wildman–Crippen LogP) is 4.17. The van der Waals surface area contributed by atoms with Crippen molar-refractivity contribution in [1.82, 2.24) is 20.4 Å². The summed E-state index contributed by atoms with van der Waals surface area (Å²) in [5.41, 5.74) is 2.30. The van der Waals surface area contributed by atoms with Crippen LogP contribution < -0.4 is 10.1 Å².